The molecule has 1 amide bonds. The van der Waals surface area contributed by atoms with E-state index in [-0.39, 0.29) is 17.4 Å². The summed E-state index contributed by atoms with van der Waals surface area (Å²) in [6, 6.07) is 2.19. The first-order chi connectivity index (χ1) is 16.5. The Morgan fingerprint density at radius 1 is 1.06 bits per heavy atom. The molecule has 2 saturated carbocycles. The number of carbonyl (C=O) groups excluding carboxylic acids is 1. The second kappa shape index (κ2) is 10.2. The molecule has 2 fully saturated rings. The van der Waals surface area contributed by atoms with E-state index in [0.717, 1.165) is 79.2 Å². The fourth-order valence-electron chi connectivity index (χ4n) is 6.86. The van der Waals surface area contributed by atoms with Crippen LogP contribution in [-0.4, -0.2) is 28.6 Å². The van der Waals surface area contributed by atoms with Crippen molar-refractivity contribution in [3.8, 4) is 0 Å². The highest BCUT2D eigenvalue weighted by molar-refractivity contribution is 5.97. The van der Waals surface area contributed by atoms with Crippen molar-refractivity contribution in [2.24, 2.45) is 5.92 Å². The summed E-state index contributed by atoms with van der Waals surface area (Å²) in [6.45, 7) is 10.0. The lowest BCUT2D eigenvalue weighted by Gasteiger charge is -2.40. The summed E-state index contributed by atoms with van der Waals surface area (Å²) in [5.41, 5.74) is 4.01. The third-order valence-corrected chi connectivity index (χ3v) is 8.69. The summed E-state index contributed by atoms with van der Waals surface area (Å²) in [6.07, 6.45) is 12.2. The van der Waals surface area contributed by atoms with Gasteiger partial charge in [-0.25, -0.2) is 4.79 Å². The fraction of sp³-hybridized carbons (Fsp3) is 0.733. The highest BCUT2D eigenvalue weighted by atomic mass is 16.5. The molecule has 0 aliphatic heterocycles. The summed E-state index contributed by atoms with van der Waals surface area (Å²) in [7, 11) is 0. The Bertz CT molecular complexity index is 944. The zero-order chi connectivity index (χ0) is 25.4. The van der Waals surface area contributed by atoms with E-state index in [9.17, 15) is 14.7 Å². The number of hydrogen-bond acceptors (Lipinski definition) is 3. The van der Waals surface area contributed by atoms with E-state index in [0.29, 0.717) is 5.92 Å². The van der Waals surface area contributed by atoms with Crippen LogP contribution in [0.25, 0.3) is 0 Å². The summed E-state index contributed by atoms with van der Waals surface area (Å²) in [5, 5.41) is 13.6. The Labute approximate surface area is 211 Å². The Morgan fingerprint density at radius 2 is 1.69 bits per heavy atom. The number of rotatable bonds is 5. The van der Waals surface area contributed by atoms with Crippen LogP contribution >= 0.6 is 0 Å². The van der Waals surface area contributed by atoms with Crippen molar-refractivity contribution >= 4 is 11.9 Å². The van der Waals surface area contributed by atoms with E-state index in [2.05, 4.69) is 12.2 Å². The predicted molar refractivity (Wildman–Crippen MR) is 139 cm³/mol. The van der Waals surface area contributed by atoms with Gasteiger partial charge in [0.05, 0.1) is 5.60 Å². The minimum atomic E-state index is -1.03. The molecule has 0 heterocycles. The lowest BCUT2D eigenvalue weighted by molar-refractivity contribution is -0.160. The molecule has 2 N–H and O–H groups in total. The molecule has 1 atom stereocenters. The molecule has 0 saturated heterocycles. The van der Waals surface area contributed by atoms with Gasteiger partial charge < -0.3 is 15.2 Å². The van der Waals surface area contributed by atoms with E-state index in [1.54, 1.807) is 0 Å². The van der Waals surface area contributed by atoms with Crippen molar-refractivity contribution in [1.82, 2.24) is 5.32 Å². The van der Waals surface area contributed by atoms with Gasteiger partial charge in [0.2, 0.25) is 0 Å². The molecule has 0 aromatic heterocycles. The van der Waals surface area contributed by atoms with Gasteiger partial charge in [0.15, 0.2) is 6.10 Å². The van der Waals surface area contributed by atoms with Crippen LogP contribution in [0.1, 0.15) is 137 Å². The second-order valence-electron chi connectivity index (χ2n) is 12.6. The zero-order valence-electron chi connectivity index (χ0n) is 22.5. The molecule has 3 aliphatic rings. The van der Waals surface area contributed by atoms with E-state index >= 15 is 0 Å². The van der Waals surface area contributed by atoms with E-state index in [1.165, 1.54) is 25.7 Å². The number of carboxylic acids is 1. The second-order valence-corrected chi connectivity index (χ2v) is 12.6. The molecular formula is C30H45NO4. The largest absolute Gasteiger partial charge is 0.479 e. The number of aryl methyl sites for hydroxylation is 1. The van der Waals surface area contributed by atoms with Gasteiger partial charge in [0.1, 0.15) is 0 Å². The van der Waals surface area contributed by atoms with Crippen LogP contribution in [-0.2, 0) is 21.4 Å². The van der Waals surface area contributed by atoms with Crippen molar-refractivity contribution in [2.75, 3.05) is 0 Å². The Hall–Kier alpha value is -1.88. The molecule has 1 aromatic carbocycles. The lowest BCUT2D eigenvalue weighted by atomic mass is 9.65. The zero-order valence-corrected chi connectivity index (χ0v) is 22.5. The van der Waals surface area contributed by atoms with Gasteiger partial charge in [0.25, 0.3) is 5.91 Å². The van der Waals surface area contributed by atoms with Crippen molar-refractivity contribution in [3.05, 3.63) is 33.9 Å². The lowest BCUT2D eigenvalue weighted by Crippen LogP contribution is -2.36. The SMILES string of the molecule is Cc1cc(C(=O)NC2CCCCCC2)c2c(c1C(OC(C)(C)C)C(=O)O)C1(CC2)CCC(C)CC1. The number of aliphatic carboxylic acids is 1. The van der Waals surface area contributed by atoms with Crippen LogP contribution < -0.4 is 5.32 Å². The molecule has 5 nitrogen and oxygen atoms in total. The smallest absolute Gasteiger partial charge is 0.337 e. The van der Waals surface area contributed by atoms with Gasteiger partial charge in [0, 0.05) is 11.6 Å². The van der Waals surface area contributed by atoms with Gasteiger partial charge in [-0.15, -0.1) is 0 Å². The molecular weight excluding hydrogens is 438 g/mol. The number of ether oxygens (including phenoxy) is 1. The van der Waals surface area contributed by atoms with Gasteiger partial charge in [-0.3, -0.25) is 4.79 Å². The third kappa shape index (κ3) is 5.60. The molecule has 35 heavy (non-hydrogen) atoms. The molecule has 3 aliphatic carbocycles. The minimum absolute atomic E-state index is 0.0210. The molecule has 0 radical (unpaired) electrons. The molecule has 194 valence electrons. The van der Waals surface area contributed by atoms with Gasteiger partial charge in [-0.1, -0.05) is 32.6 Å². The number of benzene rings is 1. The molecule has 1 unspecified atom stereocenters. The van der Waals surface area contributed by atoms with E-state index < -0.39 is 17.7 Å². The number of carboxylic acid groups (broad SMARTS) is 1. The Balaban J connectivity index is 1.80. The first-order valence-corrected chi connectivity index (χ1v) is 13.9. The molecule has 1 spiro atoms. The first kappa shape index (κ1) is 26.2. The van der Waals surface area contributed by atoms with E-state index in [1.807, 2.05) is 33.8 Å². The van der Waals surface area contributed by atoms with Crippen LogP contribution in [0.15, 0.2) is 6.07 Å². The highest BCUT2D eigenvalue weighted by Gasteiger charge is 2.46. The van der Waals surface area contributed by atoms with Crippen molar-refractivity contribution < 1.29 is 19.4 Å². The van der Waals surface area contributed by atoms with Crippen molar-refractivity contribution in [1.29, 1.82) is 0 Å². The summed E-state index contributed by atoms with van der Waals surface area (Å²) in [5.74, 6) is -0.239. The van der Waals surface area contributed by atoms with Crippen molar-refractivity contribution in [3.63, 3.8) is 0 Å². The van der Waals surface area contributed by atoms with Crippen LogP contribution in [0.3, 0.4) is 0 Å². The monoisotopic (exact) mass is 483 g/mol. The number of hydrogen-bond donors (Lipinski definition) is 2. The molecule has 0 bridgehead atoms. The molecule has 5 heteroatoms. The summed E-state index contributed by atoms with van der Waals surface area (Å²) >= 11 is 0. The molecule has 1 aromatic rings. The third-order valence-electron chi connectivity index (χ3n) is 8.69. The Kier molecular flexibility index (Phi) is 7.66. The number of nitrogens with one attached hydrogen (secondary N) is 1. The van der Waals surface area contributed by atoms with Gasteiger partial charge in [-0.2, -0.15) is 0 Å². The average molecular weight is 484 g/mol. The standard InChI is InChI=1S/C30H45NO4/c1-19-12-15-30(16-13-19)17-14-22-23(27(32)31-21-10-8-6-7-9-11-21)18-20(2)24(25(22)30)26(28(33)34)35-29(3,4)5/h18-19,21,26H,6-17H2,1-5H3,(H,31,32)(H,33,34). The normalized spacial score (nSPS) is 26.3. The summed E-state index contributed by atoms with van der Waals surface area (Å²) in [4.78, 5) is 26.2. The van der Waals surface area contributed by atoms with E-state index in [4.69, 9.17) is 4.74 Å². The quantitative estimate of drug-likeness (QED) is 0.453. The number of amides is 1. The maximum Gasteiger partial charge on any atom is 0.337 e. The summed E-state index contributed by atoms with van der Waals surface area (Å²) < 4.78 is 6.18. The van der Waals surface area contributed by atoms with Crippen LogP contribution in [0.2, 0.25) is 0 Å². The number of carbonyl (C=O) groups is 2. The van der Waals surface area contributed by atoms with Crippen LogP contribution in [0.5, 0.6) is 0 Å². The maximum atomic E-state index is 13.6. The number of fused-ring (bicyclic) bond motifs is 2. The minimum Gasteiger partial charge on any atom is -0.479 e. The average Bonchev–Trinajstić information content (AvgIpc) is 2.94. The highest BCUT2D eigenvalue weighted by Crippen LogP contribution is 2.54. The predicted octanol–water partition coefficient (Wildman–Crippen LogP) is 6.78. The van der Waals surface area contributed by atoms with Crippen molar-refractivity contribution in [2.45, 2.75) is 135 Å². The molecule has 4 rings (SSSR count). The van der Waals surface area contributed by atoms with Gasteiger partial charge >= 0.3 is 5.97 Å². The maximum absolute atomic E-state index is 13.6. The van der Waals surface area contributed by atoms with Crippen LogP contribution in [0, 0.1) is 12.8 Å². The fourth-order valence-corrected chi connectivity index (χ4v) is 6.86. The Morgan fingerprint density at radius 3 is 2.26 bits per heavy atom. The van der Waals surface area contributed by atoms with Crippen LogP contribution in [0.4, 0.5) is 0 Å². The van der Waals surface area contributed by atoms with Gasteiger partial charge in [-0.05, 0) is 119 Å². The topological polar surface area (TPSA) is 75.6 Å². The first-order valence-electron chi connectivity index (χ1n) is 13.9.